The van der Waals surface area contributed by atoms with Crippen molar-refractivity contribution in [1.29, 1.82) is 0 Å². The molecule has 0 fully saturated rings. The number of esters is 1. The summed E-state index contributed by atoms with van der Waals surface area (Å²) in [6.45, 7) is -0.338. The van der Waals surface area contributed by atoms with E-state index in [9.17, 15) is 9.59 Å². The molecule has 0 aliphatic heterocycles. The Morgan fingerprint density at radius 3 is 2.43 bits per heavy atom. The predicted octanol–water partition coefficient (Wildman–Crippen LogP) is 4.80. The molecule has 0 saturated carbocycles. The van der Waals surface area contributed by atoms with Crippen molar-refractivity contribution in [2.75, 3.05) is 6.61 Å². The number of benzene rings is 2. The second-order valence-electron chi connectivity index (χ2n) is 4.14. The molecule has 21 heavy (non-hydrogen) atoms. The topological polar surface area (TPSA) is 43.4 Å². The van der Waals surface area contributed by atoms with Crippen molar-refractivity contribution in [1.82, 2.24) is 0 Å². The fraction of sp³-hybridized carbons (Fsp3) is 0.0667. The summed E-state index contributed by atoms with van der Waals surface area (Å²) in [4.78, 5) is 23.7. The second kappa shape index (κ2) is 7.07. The lowest BCUT2D eigenvalue weighted by molar-refractivity contribution is 0.0475. The van der Waals surface area contributed by atoms with Crippen LogP contribution >= 0.6 is 39.1 Å². The van der Waals surface area contributed by atoms with Crippen LogP contribution in [0.1, 0.15) is 20.7 Å². The lowest BCUT2D eigenvalue weighted by Crippen LogP contribution is -2.14. The molecular formula is C15H9BrCl2O3. The molecule has 108 valence electrons. The minimum atomic E-state index is -0.628. The number of hydrogen-bond acceptors (Lipinski definition) is 3. The molecule has 3 nitrogen and oxygen atoms in total. The third-order valence-electron chi connectivity index (χ3n) is 2.64. The number of carbonyl (C=O) groups is 2. The average Bonchev–Trinajstić information content (AvgIpc) is 2.47. The van der Waals surface area contributed by atoms with E-state index in [1.54, 1.807) is 24.3 Å². The first-order chi connectivity index (χ1) is 9.97. The molecule has 0 aromatic heterocycles. The zero-order chi connectivity index (χ0) is 15.4. The van der Waals surface area contributed by atoms with Gasteiger partial charge in [-0.15, -0.1) is 0 Å². The Morgan fingerprint density at radius 2 is 1.76 bits per heavy atom. The van der Waals surface area contributed by atoms with Crippen molar-refractivity contribution >= 4 is 50.9 Å². The number of ketones is 1. The molecule has 0 bridgehead atoms. The highest BCUT2D eigenvalue weighted by atomic mass is 79.9. The molecule has 2 aromatic carbocycles. The summed E-state index contributed by atoms with van der Waals surface area (Å²) >= 11 is 14.9. The summed E-state index contributed by atoms with van der Waals surface area (Å²) in [5.74, 6) is -0.915. The van der Waals surface area contributed by atoms with Gasteiger partial charge in [-0.2, -0.15) is 0 Å². The highest BCUT2D eigenvalue weighted by Crippen LogP contribution is 2.23. The minimum Gasteiger partial charge on any atom is -0.454 e. The summed E-state index contributed by atoms with van der Waals surface area (Å²) in [6.07, 6.45) is 0. The number of halogens is 3. The second-order valence-corrected chi connectivity index (χ2v) is 5.87. The van der Waals surface area contributed by atoms with Gasteiger partial charge in [0.05, 0.1) is 15.6 Å². The van der Waals surface area contributed by atoms with Crippen molar-refractivity contribution in [3.05, 3.63) is 68.1 Å². The monoisotopic (exact) mass is 386 g/mol. The van der Waals surface area contributed by atoms with Crippen molar-refractivity contribution in [3.63, 3.8) is 0 Å². The molecule has 6 heteroatoms. The van der Waals surface area contributed by atoms with E-state index >= 15 is 0 Å². The maximum Gasteiger partial charge on any atom is 0.338 e. The van der Waals surface area contributed by atoms with E-state index in [1.807, 2.05) is 0 Å². The molecular weight excluding hydrogens is 379 g/mol. The van der Waals surface area contributed by atoms with Gasteiger partial charge >= 0.3 is 5.97 Å². The Bertz CT molecular complexity index is 701. The number of Topliss-reactive ketones (excluding diaryl/α,β-unsaturated/α-hetero) is 1. The van der Waals surface area contributed by atoms with Gasteiger partial charge in [-0.05, 0) is 30.3 Å². The molecule has 2 rings (SSSR count). The lowest BCUT2D eigenvalue weighted by atomic mass is 10.1. The van der Waals surface area contributed by atoms with Crippen LogP contribution in [0.4, 0.5) is 0 Å². The molecule has 0 aliphatic rings. The van der Waals surface area contributed by atoms with Crippen molar-refractivity contribution < 1.29 is 14.3 Å². The smallest absolute Gasteiger partial charge is 0.338 e. The molecule has 0 atom stereocenters. The van der Waals surface area contributed by atoms with Gasteiger partial charge in [0.15, 0.2) is 12.4 Å². The molecule has 0 heterocycles. The third kappa shape index (κ3) is 4.30. The van der Waals surface area contributed by atoms with Gasteiger partial charge in [-0.1, -0.05) is 51.3 Å². The summed E-state index contributed by atoms with van der Waals surface area (Å²) in [6, 6.07) is 11.2. The Balaban J connectivity index is 2.00. The standard InChI is InChI=1S/C15H9BrCl2O3/c16-11-3-1-2-9(6-11)14(19)8-21-15(20)10-4-5-12(17)13(18)7-10/h1-7H,8H2. The summed E-state index contributed by atoms with van der Waals surface area (Å²) < 4.78 is 5.76. The van der Waals surface area contributed by atoms with Crippen LogP contribution < -0.4 is 0 Å². The normalized spacial score (nSPS) is 10.2. The predicted molar refractivity (Wildman–Crippen MR) is 85.2 cm³/mol. The zero-order valence-corrected chi connectivity index (χ0v) is 13.7. The Morgan fingerprint density at radius 1 is 1.00 bits per heavy atom. The van der Waals surface area contributed by atoms with Crippen LogP contribution in [-0.2, 0) is 4.74 Å². The average molecular weight is 388 g/mol. The fourth-order valence-electron chi connectivity index (χ4n) is 1.58. The Hall–Kier alpha value is -1.36. The molecule has 0 unspecified atom stereocenters. The number of carbonyl (C=O) groups excluding carboxylic acids is 2. The first kappa shape index (κ1) is 16.0. The maximum absolute atomic E-state index is 11.9. The first-order valence-corrected chi connectivity index (χ1v) is 7.43. The molecule has 0 saturated heterocycles. The van der Waals surface area contributed by atoms with Gasteiger partial charge < -0.3 is 4.74 Å². The van der Waals surface area contributed by atoms with Crippen molar-refractivity contribution in [2.45, 2.75) is 0 Å². The van der Waals surface area contributed by atoms with E-state index in [-0.39, 0.29) is 23.0 Å². The highest BCUT2D eigenvalue weighted by molar-refractivity contribution is 9.10. The quantitative estimate of drug-likeness (QED) is 0.559. The SMILES string of the molecule is O=C(COC(=O)c1ccc(Cl)c(Cl)c1)c1cccc(Br)c1. The van der Waals surface area contributed by atoms with E-state index < -0.39 is 5.97 Å². The minimum absolute atomic E-state index is 0.242. The van der Waals surface area contributed by atoms with Crippen LogP contribution in [0.25, 0.3) is 0 Å². The largest absolute Gasteiger partial charge is 0.454 e. The van der Waals surface area contributed by atoms with E-state index in [2.05, 4.69) is 15.9 Å². The van der Waals surface area contributed by atoms with Gasteiger partial charge in [0.2, 0.25) is 0 Å². The van der Waals surface area contributed by atoms with E-state index in [0.717, 1.165) is 4.47 Å². The van der Waals surface area contributed by atoms with Gasteiger partial charge in [-0.25, -0.2) is 4.79 Å². The summed E-state index contributed by atoms with van der Waals surface area (Å²) in [5, 5.41) is 0.600. The molecule has 2 aromatic rings. The first-order valence-electron chi connectivity index (χ1n) is 5.88. The van der Waals surface area contributed by atoms with E-state index in [4.69, 9.17) is 27.9 Å². The van der Waals surface area contributed by atoms with Gasteiger partial charge in [0.25, 0.3) is 0 Å². The molecule has 0 spiro atoms. The van der Waals surface area contributed by atoms with Gasteiger partial charge in [0.1, 0.15) is 0 Å². The summed E-state index contributed by atoms with van der Waals surface area (Å²) in [5.41, 5.74) is 0.706. The summed E-state index contributed by atoms with van der Waals surface area (Å²) in [7, 11) is 0. The third-order valence-corrected chi connectivity index (χ3v) is 3.87. The lowest BCUT2D eigenvalue weighted by Gasteiger charge is -2.05. The highest BCUT2D eigenvalue weighted by Gasteiger charge is 2.13. The molecule has 0 radical (unpaired) electrons. The number of rotatable bonds is 4. The Labute approximate surface area is 139 Å². The van der Waals surface area contributed by atoms with Gasteiger partial charge in [0, 0.05) is 10.0 Å². The molecule has 0 aliphatic carbocycles. The van der Waals surface area contributed by atoms with Crippen LogP contribution in [0.5, 0.6) is 0 Å². The van der Waals surface area contributed by atoms with Gasteiger partial charge in [-0.3, -0.25) is 4.79 Å². The number of ether oxygens (including phenoxy) is 1. The number of hydrogen-bond donors (Lipinski definition) is 0. The van der Waals surface area contributed by atoms with Crippen LogP contribution in [0, 0.1) is 0 Å². The van der Waals surface area contributed by atoms with Crippen molar-refractivity contribution in [3.8, 4) is 0 Å². The Kier molecular flexibility index (Phi) is 5.39. The molecule has 0 amide bonds. The van der Waals surface area contributed by atoms with E-state index in [1.165, 1.54) is 18.2 Å². The van der Waals surface area contributed by atoms with E-state index in [0.29, 0.717) is 10.6 Å². The van der Waals surface area contributed by atoms with Crippen LogP contribution in [0.3, 0.4) is 0 Å². The van der Waals surface area contributed by atoms with Crippen molar-refractivity contribution in [2.24, 2.45) is 0 Å². The van der Waals surface area contributed by atoms with Crippen LogP contribution in [-0.4, -0.2) is 18.4 Å². The molecule has 0 N–H and O–H groups in total. The fourth-order valence-corrected chi connectivity index (χ4v) is 2.28. The zero-order valence-electron chi connectivity index (χ0n) is 10.6. The van der Waals surface area contributed by atoms with Crippen LogP contribution in [0.15, 0.2) is 46.9 Å². The maximum atomic E-state index is 11.9. The van der Waals surface area contributed by atoms with Crippen LogP contribution in [0.2, 0.25) is 10.0 Å².